The van der Waals surface area contributed by atoms with E-state index in [4.69, 9.17) is 4.74 Å². The molecule has 6 nitrogen and oxygen atoms in total. The smallest absolute Gasteiger partial charge is 0.259 e. The van der Waals surface area contributed by atoms with Crippen LogP contribution >= 0.6 is 0 Å². The van der Waals surface area contributed by atoms with Crippen molar-refractivity contribution in [3.05, 3.63) is 77.1 Å². The largest absolute Gasteiger partial charge is 0.496 e. The van der Waals surface area contributed by atoms with E-state index in [-0.39, 0.29) is 5.91 Å². The summed E-state index contributed by atoms with van der Waals surface area (Å²) in [4.78, 5) is 17.3. The molecule has 0 saturated heterocycles. The van der Waals surface area contributed by atoms with Crippen LogP contribution in [0.2, 0.25) is 0 Å². The molecule has 146 valence electrons. The van der Waals surface area contributed by atoms with Gasteiger partial charge in [-0.15, -0.1) is 0 Å². The van der Waals surface area contributed by atoms with Crippen molar-refractivity contribution in [1.82, 2.24) is 14.8 Å². The van der Waals surface area contributed by atoms with E-state index < -0.39 is 0 Å². The lowest BCUT2D eigenvalue weighted by atomic mass is 10.1. The van der Waals surface area contributed by atoms with Gasteiger partial charge in [0.2, 0.25) is 0 Å². The van der Waals surface area contributed by atoms with Gasteiger partial charge in [-0.2, -0.15) is 5.10 Å². The lowest BCUT2D eigenvalue weighted by Crippen LogP contribution is -2.13. The highest BCUT2D eigenvalue weighted by Gasteiger charge is 2.14. The highest BCUT2D eigenvalue weighted by molar-refractivity contribution is 6.06. The summed E-state index contributed by atoms with van der Waals surface area (Å²) in [6.45, 7) is 6.05. The second-order valence-corrected chi connectivity index (χ2v) is 6.98. The van der Waals surface area contributed by atoms with Crippen LogP contribution in [0.3, 0.4) is 0 Å². The van der Waals surface area contributed by atoms with E-state index in [0.29, 0.717) is 17.0 Å². The summed E-state index contributed by atoms with van der Waals surface area (Å²) >= 11 is 0. The Kier molecular flexibility index (Phi) is 4.76. The predicted octanol–water partition coefficient (Wildman–Crippen LogP) is 4.61. The van der Waals surface area contributed by atoms with Crippen molar-refractivity contribution in [2.75, 3.05) is 12.4 Å². The number of ether oxygens (including phenoxy) is 1. The molecule has 0 aliphatic carbocycles. The normalized spacial score (nSPS) is 10.9. The minimum Gasteiger partial charge on any atom is -0.496 e. The monoisotopic (exact) mass is 386 g/mol. The van der Waals surface area contributed by atoms with Gasteiger partial charge in [-0.1, -0.05) is 12.1 Å². The van der Waals surface area contributed by atoms with Gasteiger partial charge in [-0.3, -0.25) is 4.79 Å². The molecule has 0 aliphatic heterocycles. The van der Waals surface area contributed by atoms with Gasteiger partial charge in [0.1, 0.15) is 5.75 Å². The zero-order chi connectivity index (χ0) is 20.5. The second kappa shape index (κ2) is 7.39. The van der Waals surface area contributed by atoms with E-state index in [0.717, 1.165) is 33.7 Å². The minimum absolute atomic E-state index is 0.219. The maximum Gasteiger partial charge on any atom is 0.259 e. The molecule has 1 amide bonds. The van der Waals surface area contributed by atoms with Crippen molar-refractivity contribution in [3.8, 4) is 11.4 Å². The maximum absolute atomic E-state index is 12.6. The molecule has 0 radical (unpaired) electrons. The number of para-hydroxylation sites is 1. The molecule has 0 spiro atoms. The Bertz CT molecular complexity index is 1210. The molecule has 2 aromatic heterocycles. The van der Waals surface area contributed by atoms with Crippen LogP contribution in [0.25, 0.3) is 16.7 Å². The van der Waals surface area contributed by atoms with Gasteiger partial charge < -0.3 is 10.1 Å². The number of nitrogens with zero attached hydrogens (tertiary/aromatic N) is 3. The van der Waals surface area contributed by atoms with E-state index in [1.54, 1.807) is 19.2 Å². The Morgan fingerprint density at radius 2 is 1.76 bits per heavy atom. The summed E-state index contributed by atoms with van der Waals surface area (Å²) in [6.07, 6.45) is 0. The number of hydrogen-bond donors (Lipinski definition) is 1. The Labute approximate surface area is 169 Å². The lowest BCUT2D eigenvalue weighted by Gasteiger charge is -2.10. The fourth-order valence-corrected chi connectivity index (χ4v) is 3.56. The molecule has 0 fully saturated rings. The molecule has 0 aliphatic rings. The van der Waals surface area contributed by atoms with Gasteiger partial charge >= 0.3 is 0 Å². The third-order valence-electron chi connectivity index (χ3n) is 4.86. The van der Waals surface area contributed by atoms with E-state index in [9.17, 15) is 4.79 Å². The molecular formula is C23H22N4O2. The number of aromatic nitrogens is 3. The number of pyridine rings is 1. The first-order valence-corrected chi connectivity index (χ1v) is 9.36. The van der Waals surface area contributed by atoms with Crippen LogP contribution < -0.4 is 10.1 Å². The van der Waals surface area contributed by atoms with Gasteiger partial charge in [0.25, 0.3) is 5.91 Å². The number of hydrogen-bond acceptors (Lipinski definition) is 4. The van der Waals surface area contributed by atoms with Crippen LogP contribution in [0.15, 0.2) is 54.6 Å². The number of fused-ring (bicyclic) bond motifs is 1. The van der Waals surface area contributed by atoms with E-state index in [2.05, 4.69) is 28.4 Å². The van der Waals surface area contributed by atoms with Gasteiger partial charge in [0.05, 0.1) is 24.1 Å². The Balaban J connectivity index is 1.64. The standard InChI is InChI=1S/C23H22N4O2/c1-14-13-15(2)24-22-21(14)16(3)26-27(22)18-11-9-17(10-12-18)25-23(28)19-7-5-6-8-20(19)29-4/h5-13H,1-4H3,(H,25,28). The summed E-state index contributed by atoms with van der Waals surface area (Å²) in [6, 6.07) is 16.8. The number of methoxy groups -OCH3 is 1. The van der Waals surface area contributed by atoms with Crippen LogP contribution in [0.1, 0.15) is 27.3 Å². The number of anilines is 1. The van der Waals surface area contributed by atoms with Crippen molar-refractivity contribution in [2.45, 2.75) is 20.8 Å². The Morgan fingerprint density at radius 1 is 1.03 bits per heavy atom. The molecule has 4 aromatic rings. The van der Waals surface area contributed by atoms with E-state index >= 15 is 0 Å². The molecule has 6 heteroatoms. The predicted molar refractivity (Wildman–Crippen MR) is 114 cm³/mol. The van der Waals surface area contributed by atoms with Crippen LogP contribution in [-0.4, -0.2) is 27.8 Å². The SMILES string of the molecule is COc1ccccc1C(=O)Nc1ccc(-n2nc(C)c3c(C)cc(C)nc32)cc1. The number of benzene rings is 2. The third-order valence-corrected chi connectivity index (χ3v) is 4.86. The summed E-state index contributed by atoms with van der Waals surface area (Å²) in [5.74, 6) is 0.320. The molecule has 2 heterocycles. The highest BCUT2D eigenvalue weighted by Crippen LogP contribution is 2.25. The number of carbonyl (C=O) groups excluding carboxylic acids is 1. The first-order valence-electron chi connectivity index (χ1n) is 9.36. The van der Waals surface area contributed by atoms with Crippen molar-refractivity contribution in [3.63, 3.8) is 0 Å². The summed E-state index contributed by atoms with van der Waals surface area (Å²) in [5.41, 5.74) is 5.97. The number of rotatable bonds is 4. The average Bonchev–Trinajstić information content (AvgIpc) is 3.05. The molecule has 1 N–H and O–H groups in total. The van der Waals surface area contributed by atoms with Crippen molar-refractivity contribution < 1.29 is 9.53 Å². The molecule has 4 rings (SSSR count). The molecule has 0 atom stereocenters. The van der Waals surface area contributed by atoms with Crippen LogP contribution in [-0.2, 0) is 0 Å². The number of carbonyl (C=O) groups is 1. The highest BCUT2D eigenvalue weighted by atomic mass is 16.5. The van der Waals surface area contributed by atoms with Gasteiger partial charge in [0.15, 0.2) is 5.65 Å². The summed E-state index contributed by atoms with van der Waals surface area (Å²) < 4.78 is 7.11. The minimum atomic E-state index is -0.219. The van der Waals surface area contributed by atoms with Gasteiger partial charge in [-0.05, 0) is 68.8 Å². The molecule has 2 aromatic carbocycles. The molecule has 0 unspecified atom stereocenters. The quantitative estimate of drug-likeness (QED) is 0.556. The fourth-order valence-electron chi connectivity index (χ4n) is 3.56. The van der Waals surface area contributed by atoms with Crippen molar-refractivity contribution in [1.29, 1.82) is 0 Å². The number of nitrogens with one attached hydrogen (secondary N) is 1. The van der Waals surface area contributed by atoms with Crippen LogP contribution in [0, 0.1) is 20.8 Å². The Morgan fingerprint density at radius 3 is 2.48 bits per heavy atom. The van der Waals surface area contributed by atoms with Gasteiger partial charge in [-0.25, -0.2) is 9.67 Å². The molecular weight excluding hydrogens is 364 g/mol. The number of amides is 1. The summed E-state index contributed by atoms with van der Waals surface area (Å²) in [5, 5.41) is 8.65. The van der Waals surface area contributed by atoms with Crippen molar-refractivity contribution >= 4 is 22.6 Å². The maximum atomic E-state index is 12.6. The lowest BCUT2D eigenvalue weighted by molar-refractivity contribution is 0.102. The first kappa shape index (κ1) is 18.7. The molecule has 29 heavy (non-hydrogen) atoms. The van der Waals surface area contributed by atoms with Crippen LogP contribution in [0.5, 0.6) is 5.75 Å². The summed E-state index contributed by atoms with van der Waals surface area (Å²) in [7, 11) is 1.55. The van der Waals surface area contributed by atoms with Gasteiger partial charge in [0, 0.05) is 16.8 Å². The average molecular weight is 386 g/mol. The van der Waals surface area contributed by atoms with Crippen LogP contribution in [0.4, 0.5) is 5.69 Å². The first-order chi connectivity index (χ1) is 14.0. The Hall–Kier alpha value is -3.67. The molecule has 0 saturated carbocycles. The second-order valence-electron chi connectivity index (χ2n) is 6.98. The zero-order valence-corrected chi connectivity index (χ0v) is 16.9. The fraction of sp³-hybridized carbons (Fsp3) is 0.174. The van der Waals surface area contributed by atoms with E-state index in [1.165, 1.54) is 0 Å². The van der Waals surface area contributed by atoms with E-state index in [1.807, 2.05) is 54.9 Å². The topological polar surface area (TPSA) is 69.0 Å². The zero-order valence-electron chi connectivity index (χ0n) is 16.9. The molecule has 0 bridgehead atoms. The number of aryl methyl sites for hydroxylation is 3. The third kappa shape index (κ3) is 3.45. The van der Waals surface area contributed by atoms with Crippen molar-refractivity contribution in [2.24, 2.45) is 0 Å².